The summed E-state index contributed by atoms with van der Waals surface area (Å²) in [6.45, 7) is 7.35. The Morgan fingerprint density at radius 3 is 2.67 bits per heavy atom. The van der Waals surface area contributed by atoms with Gasteiger partial charge in [0.25, 0.3) is 5.91 Å². The number of benzene rings is 1. The predicted octanol–water partition coefficient (Wildman–Crippen LogP) is 2.81. The zero-order valence-electron chi connectivity index (χ0n) is 15.0. The highest BCUT2D eigenvalue weighted by Crippen LogP contribution is 2.22. The molecular formula is C19H28N2O3. The smallest absolute Gasteiger partial charge is 0.268 e. The summed E-state index contributed by atoms with van der Waals surface area (Å²) in [5.41, 5.74) is 1.64. The van der Waals surface area contributed by atoms with Gasteiger partial charge in [0.15, 0.2) is 0 Å². The molecule has 2 N–H and O–H groups in total. The Hall–Kier alpha value is -1.85. The highest BCUT2D eigenvalue weighted by Gasteiger charge is 2.22. The van der Waals surface area contributed by atoms with Crippen LogP contribution in [-0.4, -0.2) is 41.9 Å². The summed E-state index contributed by atoms with van der Waals surface area (Å²) in [6.07, 6.45) is 0.716. The van der Waals surface area contributed by atoms with Crippen molar-refractivity contribution in [3.8, 4) is 0 Å². The second kappa shape index (κ2) is 7.81. The maximum atomic E-state index is 12.8. The molecule has 2 rings (SSSR count). The molecule has 0 fully saturated rings. The Morgan fingerprint density at radius 2 is 2.04 bits per heavy atom. The summed E-state index contributed by atoms with van der Waals surface area (Å²) < 4.78 is 7.15. The van der Waals surface area contributed by atoms with E-state index in [-0.39, 0.29) is 24.0 Å². The van der Waals surface area contributed by atoms with E-state index in [1.54, 1.807) is 7.11 Å². The van der Waals surface area contributed by atoms with Crippen molar-refractivity contribution in [1.82, 2.24) is 9.88 Å². The van der Waals surface area contributed by atoms with E-state index >= 15 is 0 Å². The van der Waals surface area contributed by atoms with Crippen molar-refractivity contribution in [1.29, 1.82) is 0 Å². The number of aliphatic hydroxyl groups excluding tert-OH is 1. The van der Waals surface area contributed by atoms with Crippen molar-refractivity contribution in [3.63, 3.8) is 0 Å². The van der Waals surface area contributed by atoms with E-state index in [4.69, 9.17) is 4.74 Å². The summed E-state index contributed by atoms with van der Waals surface area (Å²) in [5, 5.41) is 13.6. The topological polar surface area (TPSA) is 63.5 Å². The van der Waals surface area contributed by atoms with Crippen molar-refractivity contribution >= 4 is 16.8 Å². The molecule has 1 aromatic heterocycles. The molecule has 24 heavy (non-hydrogen) atoms. The molecule has 5 heteroatoms. The number of nitrogens with zero attached hydrogens (tertiary/aromatic N) is 1. The van der Waals surface area contributed by atoms with Crippen LogP contribution < -0.4 is 5.32 Å². The molecule has 0 aliphatic rings. The minimum Gasteiger partial charge on any atom is -0.394 e. The maximum absolute atomic E-state index is 12.8. The van der Waals surface area contributed by atoms with Gasteiger partial charge in [0.1, 0.15) is 5.69 Å². The number of hydrogen-bond acceptors (Lipinski definition) is 3. The lowest BCUT2D eigenvalue weighted by Crippen LogP contribution is -2.40. The number of aliphatic hydroxyl groups is 1. The first-order chi connectivity index (χ1) is 11.4. The number of nitrogens with one attached hydrogen (secondary N) is 1. The molecule has 1 atom stereocenters. The molecule has 0 saturated heterocycles. The third-order valence-electron chi connectivity index (χ3n) is 3.98. The van der Waals surface area contributed by atoms with Gasteiger partial charge in [-0.2, -0.15) is 0 Å². The Morgan fingerprint density at radius 1 is 1.33 bits per heavy atom. The van der Waals surface area contributed by atoms with Gasteiger partial charge in [-0.3, -0.25) is 4.79 Å². The van der Waals surface area contributed by atoms with Crippen molar-refractivity contribution in [2.75, 3.05) is 20.3 Å². The SMILES string of the molecule is COCCn1c(C(=O)NC(CO)CC(C)(C)C)cc2ccccc21. The fourth-order valence-corrected chi connectivity index (χ4v) is 2.98. The second-order valence-electron chi connectivity index (χ2n) is 7.35. The van der Waals surface area contributed by atoms with Crippen LogP contribution in [0.2, 0.25) is 0 Å². The van der Waals surface area contributed by atoms with Crippen molar-refractivity contribution in [2.24, 2.45) is 5.41 Å². The summed E-state index contributed by atoms with van der Waals surface area (Å²) >= 11 is 0. The van der Waals surface area contributed by atoms with Crippen LogP contribution in [0.25, 0.3) is 10.9 Å². The van der Waals surface area contributed by atoms with E-state index in [9.17, 15) is 9.90 Å². The van der Waals surface area contributed by atoms with Crippen molar-refractivity contribution in [2.45, 2.75) is 39.8 Å². The number of carbonyl (C=O) groups is 1. The van der Waals surface area contributed by atoms with Gasteiger partial charge in [-0.25, -0.2) is 0 Å². The fraction of sp³-hybridized carbons (Fsp3) is 0.526. The summed E-state index contributed by atoms with van der Waals surface area (Å²) in [7, 11) is 1.65. The van der Waals surface area contributed by atoms with Gasteiger partial charge < -0.3 is 19.7 Å². The number of rotatable bonds is 7. The number of amides is 1. The van der Waals surface area contributed by atoms with E-state index in [1.807, 2.05) is 34.9 Å². The standard InChI is InChI=1S/C19H28N2O3/c1-19(2,3)12-15(13-22)20-18(23)17-11-14-7-5-6-8-16(14)21(17)9-10-24-4/h5-8,11,15,22H,9-10,12-13H2,1-4H3,(H,20,23). The summed E-state index contributed by atoms with van der Waals surface area (Å²) in [4.78, 5) is 12.8. The number of para-hydroxylation sites is 1. The molecule has 132 valence electrons. The van der Waals surface area contributed by atoms with Gasteiger partial charge in [0.2, 0.25) is 0 Å². The van der Waals surface area contributed by atoms with Gasteiger partial charge in [0, 0.05) is 24.6 Å². The maximum Gasteiger partial charge on any atom is 0.268 e. The highest BCUT2D eigenvalue weighted by atomic mass is 16.5. The average Bonchev–Trinajstić information content (AvgIpc) is 2.89. The zero-order chi connectivity index (χ0) is 17.7. The molecule has 0 saturated carbocycles. The van der Waals surface area contributed by atoms with E-state index in [0.717, 1.165) is 10.9 Å². The molecule has 1 aromatic carbocycles. The van der Waals surface area contributed by atoms with Gasteiger partial charge in [0.05, 0.1) is 19.3 Å². The third kappa shape index (κ3) is 4.58. The molecule has 2 aromatic rings. The highest BCUT2D eigenvalue weighted by molar-refractivity contribution is 5.98. The second-order valence-corrected chi connectivity index (χ2v) is 7.35. The zero-order valence-corrected chi connectivity index (χ0v) is 15.0. The first kappa shape index (κ1) is 18.5. The Labute approximate surface area is 143 Å². The number of hydrogen-bond donors (Lipinski definition) is 2. The molecule has 1 amide bonds. The molecule has 0 aliphatic heterocycles. The van der Waals surface area contributed by atoms with Crippen LogP contribution >= 0.6 is 0 Å². The fourth-order valence-electron chi connectivity index (χ4n) is 2.98. The number of ether oxygens (including phenoxy) is 1. The quantitative estimate of drug-likeness (QED) is 0.819. The molecular weight excluding hydrogens is 304 g/mol. The summed E-state index contributed by atoms with van der Waals surface area (Å²) in [6, 6.07) is 9.55. The monoisotopic (exact) mass is 332 g/mol. The lowest BCUT2D eigenvalue weighted by Gasteiger charge is -2.25. The predicted molar refractivity (Wildman–Crippen MR) is 96.2 cm³/mol. The van der Waals surface area contributed by atoms with E-state index < -0.39 is 0 Å². The van der Waals surface area contributed by atoms with Crippen molar-refractivity contribution < 1.29 is 14.6 Å². The van der Waals surface area contributed by atoms with Crippen LogP contribution in [0.5, 0.6) is 0 Å². The van der Waals surface area contributed by atoms with Crippen LogP contribution in [-0.2, 0) is 11.3 Å². The molecule has 1 unspecified atom stereocenters. The molecule has 1 heterocycles. The van der Waals surface area contributed by atoms with E-state index in [2.05, 4.69) is 26.1 Å². The Kier molecular flexibility index (Phi) is 6.02. The van der Waals surface area contributed by atoms with Crippen molar-refractivity contribution in [3.05, 3.63) is 36.0 Å². The molecule has 5 nitrogen and oxygen atoms in total. The first-order valence-corrected chi connectivity index (χ1v) is 8.34. The summed E-state index contributed by atoms with van der Waals surface area (Å²) in [5.74, 6) is -0.161. The minimum absolute atomic E-state index is 0.0312. The molecule has 0 radical (unpaired) electrons. The Balaban J connectivity index is 2.27. The van der Waals surface area contributed by atoms with Gasteiger partial charge in [-0.05, 0) is 24.0 Å². The van der Waals surface area contributed by atoms with E-state index in [1.165, 1.54) is 0 Å². The molecule has 0 spiro atoms. The lowest BCUT2D eigenvalue weighted by atomic mass is 9.88. The first-order valence-electron chi connectivity index (χ1n) is 8.34. The van der Waals surface area contributed by atoms with Gasteiger partial charge in [-0.15, -0.1) is 0 Å². The van der Waals surface area contributed by atoms with Crippen LogP contribution in [0.3, 0.4) is 0 Å². The van der Waals surface area contributed by atoms with Crippen LogP contribution in [0.15, 0.2) is 30.3 Å². The normalized spacial score (nSPS) is 13.2. The number of aromatic nitrogens is 1. The van der Waals surface area contributed by atoms with Gasteiger partial charge in [-0.1, -0.05) is 39.0 Å². The van der Waals surface area contributed by atoms with Gasteiger partial charge >= 0.3 is 0 Å². The number of fused-ring (bicyclic) bond motifs is 1. The van der Waals surface area contributed by atoms with E-state index in [0.29, 0.717) is 25.3 Å². The average molecular weight is 332 g/mol. The third-order valence-corrected chi connectivity index (χ3v) is 3.98. The van der Waals surface area contributed by atoms with Crippen LogP contribution in [0.4, 0.5) is 0 Å². The van der Waals surface area contributed by atoms with Crippen LogP contribution in [0, 0.1) is 5.41 Å². The molecule has 0 aliphatic carbocycles. The van der Waals surface area contributed by atoms with Crippen LogP contribution in [0.1, 0.15) is 37.7 Å². The number of methoxy groups -OCH3 is 1. The molecule has 0 bridgehead atoms. The number of carbonyl (C=O) groups excluding carboxylic acids is 1. The largest absolute Gasteiger partial charge is 0.394 e. The minimum atomic E-state index is -0.258. The Bertz CT molecular complexity index is 685. The lowest BCUT2D eigenvalue weighted by molar-refractivity contribution is 0.0886.